The molecule has 1 rings (SSSR count). The molecule has 7 heteroatoms. The highest BCUT2D eigenvalue weighted by Gasteiger charge is 2.20. The van der Waals surface area contributed by atoms with E-state index >= 15 is 0 Å². The van der Waals surface area contributed by atoms with Gasteiger partial charge >= 0.3 is 0 Å². The van der Waals surface area contributed by atoms with Gasteiger partial charge in [0.25, 0.3) is 0 Å². The molecule has 4 nitrogen and oxygen atoms in total. The van der Waals surface area contributed by atoms with E-state index in [9.17, 15) is 8.42 Å². The highest BCUT2D eigenvalue weighted by atomic mass is 79.9. The van der Waals surface area contributed by atoms with Crippen LogP contribution in [0.4, 0.5) is 5.69 Å². The summed E-state index contributed by atoms with van der Waals surface area (Å²) in [7, 11) is -3.52. The number of halogens is 1. The Labute approximate surface area is 127 Å². The number of nitrogen functional groups attached to an aromatic ring is 1. The van der Waals surface area contributed by atoms with Crippen molar-refractivity contribution in [1.29, 1.82) is 0 Å². The summed E-state index contributed by atoms with van der Waals surface area (Å²) in [5.74, 6) is 1.72. The molecule has 3 N–H and O–H groups in total. The summed E-state index contributed by atoms with van der Waals surface area (Å²) in [6.45, 7) is 5.66. The third kappa shape index (κ3) is 4.66. The highest BCUT2D eigenvalue weighted by molar-refractivity contribution is 9.10. The van der Waals surface area contributed by atoms with E-state index in [0.29, 0.717) is 15.7 Å². The summed E-state index contributed by atoms with van der Waals surface area (Å²) in [4.78, 5) is 0.238. The van der Waals surface area contributed by atoms with Gasteiger partial charge in [-0.3, -0.25) is 0 Å². The first-order chi connectivity index (χ1) is 8.77. The van der Waals surface area contributed by atoms with Crippen LogP contribution in [-0.2, 0) is 10.0 Å². The molecular weight excluding hydrogens is 348 g/mol. The molecule has 0 aliphatic rings. The topological polar surface area (TPSA) is 72.2 Å². The van der Waals surface area contributed by atoms with E-state index in [1.165, 1.54) is 6.07 Å². The van der Waals surface area contributed by atoms with Gasteiger partial charge in [0.05, 0.1) is 4.90 Å². The summed E-state index contributed by atoms with van der Waals surface area (Å²) in [6.07, 6.45) is 0. The Kier molecular flexibility index (Phi) is 6.16. The Morgan fingerprint density at radius 1 is 1.47 bits per heavy atom. The fourth-order valence-corrected chi connectivity index (χ4v) is 4.36. The predicted octanol–water partition coefficient (Wildman–Crippen LogP) is 2.76. The number of nitrogens with one attached hydrogen (secondary N) is 1. The van der Waals surface area contributed by atoms with Crippen LogP contribution in [0.2, 0.25) is 0 Å². The normalized spacial score (nSPS) is 13.5. The number of nitrogens with two attached hydrogens (primary N) is 1. The zero-order chi connectivity index (χ0) is 14.6. The minimum atomic E-state index is -3.52. The Balaban J connectivity index is 2.98. The number of hydrogen-bond donors (Lipinski definition) is 2. The van der Waals surface area contributed by atoms with Gasteiger partial charge in [0.15, 0.2) is 0 Å². The van der Waals surface area contributed by atoms with Crippen LogP contribution in [0.1, 0.15) is 19.4 Å². The van der Waals surface area contributed by atoms with Crippen LogP contribution in [0.5, 0.6) is 0 Å². The average molecular weight is 367 g/mol. The number of rotatable bonds is 6. The predicted molar refractivity (Wildman–Crippen MR) is 86.1 cm³/mol. The number of benzene rings is 1. The molecule has 0 spiro atoms. The fourth-order valence-electron chi connectivity index (χ4n) is 1.62. The Morgan fingerprint density at radius 3 is 2.68 bits per heavy atom. The lowest BCUT2D eigenvalue weighted by atomic mass is 10.2. The third-order valence-electron chi connectivity index (χ3n) is 2.51. The summed E-state index contributed by atoms with van der Waals surface area (Å²) in [6, 6.07) is 3.09. The van der Waals surface area contributed by atoms with Crippen LogP contribution in [0.3, 0.4) is 0 Å². The molecule has 1 atom stereocenters. The van der Waals surface area contributed by atoms with Crippen LogP contribution in [0.15, 0.2) is 21.5 Å². The molecule has 108 valence electrons. The summed E-state index contributed by atoms with van der Waals surface area (Å²) in [5.41, 5.74) is 6.84. The second kappa shape index (κ2) is 6.97. The molecule has 0 saturated heterocycles. The van der Waals surface area contributed by atoms with Crippen molar-refractivity contribution in [3.05, 3.63) is 22.2 Å². The molecule has 0 aromatic heterocycles. The smallest absolute Gasteiger partial charge is 0.241 e. The van der Waals surface area contributed by atoms with Crippen molar-refractivity contribution in [1.82, 2.24) is 4.72 Å². The van der Waals surface area contributed by atoms with E-state index in [4.69, 9.17) is 5.73 Å². The van der Waals surface area contributed by atoms with Gasteiger partial charge in [-0.25, -0.2) is 13.1 Å². The Hall–Kier alpha value is -0.240. The Bertz CT molecular complexity index is 547. The maximum absolute atomic E-state index is 12.3. The molecule has 1 aromatic rings. The molecule has 1 unspecified atom stereocenters. The summed E-state index contributed by atoms with van der Waals surface area (Å²) >= 11 is 4.99. The number of thioether (sulfide) groups is 1. The van der Waals surface area contributed by atoms with Crippen molar-refractivity contribution in [3.63, 3.8) is 0 Å². The van der Waals surface area contributed by atoms with Crippen molar-refractivity contribution in [3.8, 4) is 0 Å². The minimum absolute atomic E-state index is 0.112. The molecule has 0 amide bonds. The molecule has 0 heterocycles. The maximum Gasteiger partial charge on any atom is 0.241 e. The van der Waals surface area contributed by atoms with Gasteiger partial charge in [0.1, 0.15) is 0 Å². The standard InChI is InChI=1S/C12H19BrN2O2S2/c1-4-18-7-9(3)15-19(16,17)12-6-11(14)10(13)5-8(12)2/h5-6,9,15H,4,7,14H2,1-3H3. The second-order valence-corrected chi connectivity index (χ2v) is 8.18. The first-order valence-electron chi connectivity index (χ1n) is 5.93. The molecule has 0 saturated carbocycles. The van der Waals surface area contributed by atoms with Gasteiger partial charge in [-0.15, -0.1) is 0 Å². The third-order valence-corrected chi connectivity index (χ3v) is 6.07. The average Bonchev–Trinajstić information content (AvgIpc) is 2.30. The molecule has 0 bridgehead atoms. The quantitative estimate of drug-likeness (QED) is 0.759. The molecular formula is C12H19BrN2O2S2. The summed E-state index contributed by atoms with van der Waals surface area (Å²) in [5, 5.41) is 0. The van der Waals surface area contributed by atoms with E-state index in [1.54, 1.807) is 24.8 Å². The van der Waals surface area contributed by atoms with E-state index in [1.807, 2.05) is 13.8 Å². The van der Waals surface area contributed by atoms with Gasteiger partial charge in [-0.1, -0.05) is 6.92 Å². The minimum Gasteiger partial charge on any atom is -0.398 e. The number of hydrogen-bond acceptors (Lipinski definition) is 4. The van der Waals surface area contributed by atoms with Crippen LogP contribution >= 0.6 is 27.7 Å². The van der Waals surface area contributed by atoms with Gasteiger partial charge in [-0.05, 0) is 53.2 Å². The van der Waals surface area contributed by atoms with Gasteiger partial charge in [0.2, 0.25) is 10.0 Å². The monoisotopic (exact) mass is 366 g/mol. The lowest BCUT2D eigenvalue weighted by molar-refractivity contribution is 0.570. The number of anilines is 1. The van der Waals surface area contributed by atoms with Crippen molar-refractivity contribution >= 4 is 43.4 Å². The SMILES string of the molecule is CCSCC(C)NS(=O)(=O)c1cc(N)c(Br)cc1C. The van der Waals surface area contributed by atoms with Crippen molar-refractivity contribution in [2.24, 2.45) is 0 Å². The zero-order valence-corrected chi connectivity index (χ0v) is 14.5. The van der Waals surface area contributed by atoms with Crippen LogP contribution in [0.25, 0.3) is 0 Å². The molecule has 0 fully saturated rings. The van der Waals surface area contributed by atoms with Crippen molar-refractivity contribution in [2.45, 2.75) is 31.7 Å². The first kappa shape index (κ1) is 16.8. The highest BCUT2D eigenvalue weighted by Crippen LogP contribution is 2.26. The fraction of sp³-hybridized carbons (Fsp3) is 0.500. The number of aryl methyl sites for hydroxylation is 1. The van der Waals surface area contributed by atoms with Crippen LogP contribution in [-0.4, -0.2) is 26.0 Å². The van der Waals surface area contributed by atoms with E-state index in [2.05, 4.69) is 20.7 Å². The van der Waals surface area contributed by atoms with Crippen LogP contribution < -0.4 is 10.5 Å². The zero-order valence-electron chi connectivity index (χ0n) is 11.2. The first-order valence-corrected chi connectivity index (χ1v) is 9.36. The van der Waals surface area contributed by atoms with Gasteiger partial charge in [-0.2, -0.15) is 11.8 Å². The van der Waals surface area contributed by atoms with Crippen molar-refractivity contribution < 1.29 is 8.42 Å². The Morgan fingerprint density at radius 2 is 2.11 bits per heavy atom. The molecule has 0 radical (unpaired) electrons. The van der Waals surface area contributed by atoms with E-state index in [0.717, 1.165) is 11.5 Å². The summed E-state index contributed by atoms with van der Waals surface area (Å²) < 4.78 is 28.0. The largest absolute Gasteiger partial charge is 0.398 e. The maximum atomic E-state index is 12.3. The van der Waals surface area contributed by atoms with E-state index < -0.39 is 10.0 Å². The number of sulfonamides is 1. The van der Waals surface area contributed by atoms with Gasteiger partial charge < -0.3 is 5.73 Å². The second-order valence-electron chi connectivity index (χ2n) is 4.32. The van der Waals surface area contributed by atoms with Gasteiger partial charge in [0, 0.05) is 22.0 Å². The van der Waals surface area contributed by atoms with Crippen LogP contribution in [0, 0.1) is 6.92 Å². The van der Waals surface area contributed by atoms with Crippen molar-refractivity contribution in [2.75, 3.05) is 17.2 Å². The lowest BCUT2D eigenvalue weighted by Gasteiger charge is -2.15. The molecule has 1 aromatic carbocycles. The molecule has 0 aliphatic carbocycles. The molecule has 0 aliphatic heterocycles. The molecule has 19 heavy (non-hydrogen) atoms. The van der Waals surface area contributed by atoms with E-state index in [-0.39, 0.29) is 10.9 Å². The lowest BCUT2D eigenvalue weighted by Crippen LogP contribution is -2.34.